The van der Waals surface area contributed by atoms with Gasteiger partial charge in [-0.15, -0.1) is 11.3 Å². The number of nitrogens with zero attached hydrogens (tertiary/aromatic N) is 1. The first-order valence-electron chi connectivity index (χ1n) is 18.5. The first-order chi connectivity index (χ1) is 27.1. The summed E-state index contributed by atoms with van der Waals surface area (Å²) >= 11 is 1.44. The van der Waals surface area contributed by atoms with Crippen molar-refractivity contribution in [2.24, 2.45) is 11.5 Å². The maximum atomic E-state index is 14.5. The molecule has 292 valence electrons. The number of carbonyl (C=O) groups is 5. The number of fused-ring (bicyclic) bond motifs is 1. The summed E-state index contributed by atoms with van der Waals surface area (Å²) in [7, 11) is 1.52. The summed E-state index contributed by atoms with van der Waals surface area (Å²) in [5.41, 5.74) is 14.4. The first kappa shape index (κ1) is 41.1. The Morgan fingerprint density at radius 2 is 1.50 bits per heavy atom. The van der Waals surface area contributed by atoms with Crippen LogP contribution in [0, 0.1) is 0 Å². The van der Waals surface area contributed by atoms with E-state index in [0.29, 0.717) is 24.9 Å². The fraction of sp³-hybridized carbons (Fsp3) is 0.279. The molecule has 1 heterocycles. The molecule has 0 aliphatic heterocycles. The summed E-state index contributed by atoms with van der Waals surface area (Å²) < 4.78 is 5.24. The van der Waals surface area contributed by atoms with E-state index < -0.39 is 47.8 Å². The second-order valence-electron chi connectivity index (χ2n) is 13.5. The molecular weight excluding hydrogens is 729 g/mol. The van der Waals surface area contributed by atoms with E-state index >= 15 is 0 Å². The number of primary amides is 1. The molecule has 5 amide bonds. The second-order valence-corrected chi connectivity index (χ2v) is 14.5. The Hall–Kier alpha value is -6.05. The van der Waals surface area contributed by atoms with Gasteiger partial charge in [0.05, 0.1) is 0 Å². The van der Waals surface area contributed by atoms with Crippen molar-refractivity contribution in [3.8, 4) is 0 Å². The molecule has 0 saturated heterocycles. The molecule has 5 rings (SSSR count). The Balaban J connectivity index is 1.27. The Kier molecular flexibility index (Phi) is 15.1. The Morgan fingerprint density at radius 1 is 0.750 bits per heavy atom. The molecule has 5 aromatic rings. The Morgan fingerprint density at radius 3 is 2.23 bits per heavy atom. The summed E-state index contributed by atoms with van der Waals surface area (Å²) in [5.74, 6) is -2.23. The van der Waals surface area contributed by atoms with Crippen LogP contribution in [-0.2, 0) is 45.1 Å². The number of carbonyl (C=O) groups excluding carboxylic acids is 5. The van der Waals surface area contributed by atoms with Crippen molar-refractivity contribution in [1.29, 1.82) is 0 Å². The van der Waals surface area contributed by atoms with Gasteiger partial charge in [0, 0.05) is 43.4 Å². The third kappa shape index (κ3) is 12.0. The number of hydrogen-bond donors (Lipinski definition) is 5. The quantitative estimate of drug-likeness (QED) is 0.0743. The molecule has 56 heavy (non-hydrogen) atoms. The fourth-order valence-electron chi connectivity index (χ4n) is 6.30. The third-order valence-electron chi connectivity index (χ3n) is 9.44. The maximum Gasteiger partial charge on any atom is 0.407 e. The van der Waals surface area contributed by atoms with E-state index in [1.807, 2.05) is 96.4 Å². The first-order valence-corrected chi connectivity index (χ1v) is 19.4. The maximum absolute atomic E-state index is 14.5. The lowest BCUT2D eigenvalue weighted by Gasteiger charge is -2.32. The zero-order valence-electron chi connectivity index (χ0n) is 31.3. The van der Waals surface area contributed by atoms with E-state index in [1.54, 1.807) is 18.2 Å². The van der Waals surface area contributed by atoms with E-state index in [4.69, 9.17) is 16.2 Å². The van der Waals surface area contributed by atoms with Gasteiger partial charge < -0.3 is 37.1 Å². The van der Waals surface area contributed by atoms with Gasteiger partial charge in [0.25, 0.3) is 5.91 Å². The number of likely N-dealkylation sites (N-methyl/N-ethyl adjacent to an activating group) is 1. The van der Waals surface area contributed by atoms with Gasteiger partial charge in [-0.2, -0.15) is 0 Å². The fourth-order valence-corrected chi connectivity index (χ4v) is 7.04. The van der Waals surface area contributed by atoms with Crippen molar-refractivity contribution < 1.29 is 28.7 Å². The van der Waals surface area contributed by atoms with E-state index in [9.17, 15) is 24.0 Å². The van der Waals surface area contributed by atoms with Gasteiger partial charge in [0.2, 0.25) is 17.7 Å². The average Bonchev–Trinajstić information content (AvgIpc) is 3.74. The topological polar surface area (TPSA) is 186 Å². The van der Waals surface area contributed by atoms with E-state index in [0.717, 1.165) is 32.3 Å². The lowest BCUT2D eigenvalue weighted by molar-refractivity contribution is -0.141. The van der Waals surface area contributed by atoms with Gasteiger partial charge in [0.1, 0.15) is 24.7 Å². The van der Waals surface area contributed by atoms with Crippen LogP contribution < -0.4 is 27.4 Å². The van der Waals surface area contributed by atoms with Gasteiger partial charge in [-0.1, -0.05) is 91.0 Å². The van der Waals surface area contributed by atoms with Crippen molar-refractivity contribution in [2.75, 3.05) is 13.6 Å². The SMILES string of the molecule is CN(C(=O)[C@@H](Cc1ccc2ccccc2c1)NC(=O)c1cccc(CN)c1)[C@H](Cc1cccs1)C(=O)N[C@@H](CCCCNC(=O)OCc1ccccc1)C(N)=O. The van der Waals surface area contributed by atoms with Crippen LogP contribution in [0.2, 0.25) is 0 Å². The standard InChI is InChI=1S/C43H48N6O6S/c1-49(42(53)37(48-40(51)34-16-9-13-31(24-34)27-44)25-30-19-20-32-14-5-6-15-33(32)23-30)38(26-35-17-10-22-56-35)41(52)47-36(39(45)50)18-7-8-21-46-43(54)55-28-29-11-3-2-4-12-29/h2-6,9-17,19-20,22-24,36-38H,7-8,18,21,25-28,44H2,1H3,(H2,45,50)(H,46,54)(H,47,52)(H,48,51)/t36-,37+,38+/m0/s1. The summed E-state index contributed by atoms with van der Waals surface area (Å²) in [6.07, 6.45) is 0.942. The summed E-state index contributed by atoms with van der Waals surface area (Å²) in [6, 6.07) is 30.5. The minimum atomic E-state index is -1.05. The van der Waals surface area contributed by atoms with Gasteiger partial charge in [0.15, 0.2) is 0 Å². The highest BCUT2D eigenvalue weighted by molar-refractivity contribution is 7.09. The number of benzene rings is 4. The molecule has 0 saturated carbocycles. The number of nitrogens with one attached hydrogen (secondary N) is 3. The van der Waals surface area contributed by atoms with Crippen LogP contribution in [-0.4, -0.2) is 66.3 Å². The Labute approximate surface area is 330 Å². The molecular formula is C43H48N6O6S. The van der Waals surface area contributed by atoms with Crippen LogP contribution in [0.5, 0.6) is 0 Å². The molecule has 0 aliphatic carbocycles. The van der Waals surface area contributed by atoms with Gasteiger partial charge in [-0.05, 0) is 70.3 Å². The number of rotatable bonds is 19. The van der Waals surface area contributed by atoms with Crippen molar-refractivity contribution in [3.05, 3.63) is 142 Å². The largest absolute Gasteiger partial charge is 0.445 e. The predicted molar refractivity (Wildman–Crippen MR) is 217 cm³/mol. The van der Waals surface area contributed by atoms with Crippen molar-refractivity contribution in [2.45, 2.75) is 63.4 Å². The van der Waals surface area contributed by atoms with E-state index in [1.165, 1.54) is 23.3 Å². The molecule has 0 fully saturated rings. The molecule has 0 unspecified atom stereocenters. The molecule has 1 aromatic heterocycles. The molecule has 7 N–H and O–H groups in total. The highest BCUT2D eigenvalue weighted by Crippen LogP contribution is 2.20. The Bertz CT molecular complexity index is 2090. The molecule has 4 aromatic carbocycles. The zero-order chi connectivity index (χ0) is 39.9. The highest BCUT2D eigenvalue weighted by atomic mass is 32.1. The van der Waals surface area contributed by atoms with Crippen LogP contribution in [0.25, 0.3) is 10.8 Å². The molecule has 13 heteroatoms. The minimum Gasteiger partial charge on any atom is -0.445 e. The monoisotopic (exact) mass is 776 g/mol. The number of alkyl carbamates (subject to hydrolysis) is 1. The molecule has 0 radical (unpaired) electrons. The van der Waals surface area contributed by atoms with Crippen LogP contribution in [0.1, 0.15) is 51.2 Å². The number of unbranched alkanes of at least 4 members (excludes halogenated alkanes) is 1. The van der Waals surface area contributed by atoms with Crippen molar-refractivity contribution in [3.63, 3.8) is 0 Å². The van der Waals surface area contributed by atoms with Crippen LogP contribution >= 0.6 is 11.3 Å². The molecule has 0 bridgehead atoms. The van der Waals surface area contributed by atoms with Crippen LogP contribution in [0.3, 0.4) is 0 Å². The van der Waals surface area contributed by atoms with Gasteiger partial charge >= 0.3 is 6.09 Å². The number of nitrogens with two attached hydrogens (primary N) is 2. The highest BCUT2D eigenvalue weighted by Gasteiger charge is 2.34. The molecule has 3 atom stereocenters. The minimum absolute atomic E-state index is 0.144. The number of hydrogen-bond acceptors (Lipinski definition) is 8. The van der Waals surface area contributed by atoms with E-state index in [2.05, 4.69) is 16.0 Å². The molecule has 12 nitrogen and oxygen atoms in total. The third-order valence-corrected chi connectivity index (χ3v) is 10.3. The predicted octanol–water partition coefficient (Wildman–Crippen LogP) is 4.84. The molecule has 0 spiro atoms. The summed E-state index contributed by atoms with van der Waals surface area (Å²) in [6.45, 7) is 0.688. The van der Waals surface area contributed by atoms with Crippen molar-refractivity contribution >= 4 is 51.8 Å². The summed E-state index contributed by atoms with van der Waals surface area (Å²) in [4.78, 5) is 69.1. The lowest BCUT2D eigenvalue weighted by Crippen LogP contribution is -2.57. The normalized spacial score (nSPS) is 12.5. The smallest absolute Gasteiger partial charge is 0.407 e. The molecule has 0 aliphatic rings. The summed E-state index contributed by atoms with van der Waals surface area (Å²) in [5, 5.41) is 12.3. The van der Waals surface area contributed by atoms with Gasteiger partial charge in [-0.25, -0.2) is 4.79 Å². The van der Waals surface area contributed by atoms with Crippen LogP contribution in [0.15, 0.2) is 115 Å². The number of ether oxygens (including phenoxy) is 1. The van der Waals surface area contributed by atoms with Gasteiger partial charge in [-0.3, -0.25) is 19.2 Å². The zero-order valence-corrected chi connectivity index (χ0v) is 32.1. The van der Waals surface area contributed by atoms with E-state index in [-0.39, 0.29) is 32.4 Å². The van der Waals surface area contributed by atoms with Crippen LogP contribution in [0.4, 0.5) is 4.79 Å². The average molecular weight is 777 g/mol. The second kappa shape index (κ2) is 20.6. The van der Waals surface area contributed by atoms with Crippen molar-refractivity contribution in [1.82, 2.24) is 20.9 Å². The lowest BCUT2D eigenvalue weighted by atomic mass is 9.99. The number of thiophene rings is 1. The number of amides is 5.